The summed E-state index contributed by atoms with van der Waals surface area (Å²) in [6.45, 7) is -0.562. The molecule has 2 aromatic heterocycles. The zero-order valence-electron chi connectivity index (χ0n) is 15.1. The van der Waals surface area contributed by atoms with Gasteiger partial charge in [-0.3, -0.25) is 9.78 Å². The lowest BCUT2D eigenvalue weighted by atomic mass is 9.99. The largest absolute Gasteiger partial charge is 0.463 e. The Hall–Kier alpha value is -2.82. The van der Waals surface area contributed by atoms with Crippen LogP contribution in [0, 0.1) is 0 Å². The summed E-state index contributed by atoms with van der Waals surface area (Å²) in [5, 5.41) is 39.3. The van der Waals surface area contributed by atoms with E-state index >= 15 is 0 Å². The maximum Gasteiger partial charge on any atom is 0.229 e. The van der Waals surface area contributed by atoms with Crippen molar-refractivity contribution in [3.05, 3.63) is 59.1 Å². The number of aliphatic hydroxyl groups excluding tert-OH is 4. The molecule has 0 spiro atoms. The minimum absolute atomic E-state index is 0.204. The number of pyridine rings is 1. The smallest absolute Gasteiger partial charge is 0.229 e. The summed E-state index contributed by atoms with van der Waals surface area (Å²) in [5.41, 5.74) is 0.798. The van der Waals surface area contributed by atoms with Gasteiger partial charge in [0, 0.05) is 12.3 Å². The van der Waals surface area contributed by atoms with Crippen LogP contribution in [0.4, 0.5) is 0 Å². The molecule has 1 aliphatic heterocycles. The fraction of sp³-hybridized carbons (Fsp3) is 0.300. The summed E-state index contributed by atoms with van der Waals surface area (Å²) in [5.74, 6) is 0.204. The molecule has 0 bridgehead atoms. The van der Waals surface area contributed by atoms with Crippen LogP contribution in [0.25, 0.3) is 22.2 Å². The van der Waals surface area contributed by atoms with Crippen LogP contribution >= 0.6 is 0 Å². The monoisotopic (exact) mass is 401 g/mol. The standard InChI is InChI=1S/C20H19NO8/c22-8-15-17(24)18(25)19(26)20(29-15)28-10-4-5-11-14(7-10)27-9-12(16(11)23)13-3-1-2-6-21-13/h1-7,9,15,17-20,22,24-26H,8H2/t15-,17+,18+,19-,20-/m1/s1. The first-order chi connectivity index (χ1) is 14.0. The molecular formula is C20H19NO8. The third kappa shape index (κ3) is 3.61. The molecule has 1 aromatic carbocycles. The van der Waals surface area contributed by atoms with Gasteiger partial charge in [0.2, 0.25) is 11.7 Å². The Morgan fingerprint density at radius 1 is 1.07 bits per heavy atom. The van der Waals surface area contributed by atoms with E-state index in [0.717, 1.165) is 0 Å². The van der Waals surface area contributed by atoms with E-state index in [-0.39, 0.29) is 16.8 Å². The molecule has 0 radical (unpaired) electrons. The Bertz CT molecular complexity index is 1050. The fourth-order valence-corrected chi connectivity index (χ4v) is 3.18. The van der Waals surface area contributed by atoms with E-state index in [2.05, 4.69) is 4.98 Å². The molecule has 0 amide bonds. The average Bonchev–Trinajstić information content (AvgIpc) is 2.75. The average molecular weight is 401 g/mol. The molecule has 29 heavy (non-hydrogen) atoms. The number of hydrogen-bond acceptors (Lipinski definition) is 9. The van der Waals surface area contributed by atoms with Gasteiger partial charge in [-0.1, -0.05) is 6.07 Å². The van der Waals surface area contributed by atoms with Crippen LogP contribution in [0.5, 0.6) is 5.75 Å². The number of nitrogens with zero attached hydrogens (tertiary/aromatic N) is 1. The van der Waals surface area contributed by atoms with Gasteiger partial charge in [0.25, 0.3) is 0 Å². The van der Waals surface area contributed by atoms with Gasteiger partial charge in [0.05, 0.1) is 23.3 Å². The lowest BCUT2D eigenvalue weighted by Gasteiger charge is -2.39. The Balaban J connectivity index is 1.62. The van der Waals surface area contributed by atoms with Crippen molar-refractivity contribution in [2.75, 3.05) is 6.61 Å². The maximum atomic E-state index is 12.7. The zero-order valence-corrected chi connectivity index (χ0v) is 15.1. The van der Waals surface area contributed by atoms with Crippen molar-refractivity contribution in [2.24, 2.45) is 0 Å². The number of aromatic nitrogens is 1. The lowest BCUT2D eigenvalue weighted by molar-refractivity contribution is -0.277. The van der Waals surface area contributed by atoms with Gasteiger partial charge in [-0.15, -0.1) is 0 Å². The number of hydrogen-bond donors (Lipinski definition) is 4. The summed E-state index contributed by atoms with van der Waals surface area (Å²) in [6.07, 6.45) is -4.09. The highest BCUT2D eigenvalue weighted by molar-refractivity contribution is 5.81. The van der Waals surface area contributed by atoms with Crippen molar-refractivity contribution in [1.82, 2.24) is 4.98 Å². The van der Waals surface area contributed by atoms with Gasteiger partial charge in [0.1, 0.15) is 42.0 Å². The van der Waals surface area contributed by atoms with Crippen LogP contribution in [-0.2, 0) is 4.74 Å². The Kier molecular flexibility index (Phi) is 5.31. The molecule has 1 saturated heterocycles. The predicted octanol–water partition coefficient (Wildman–Crippen LogP) is 0.0337. The van der Waals surface area contributed by atoms with E-state index in [1.807, 2.05) is 0 Å². The van der Waals surface area contributed by atoms with Crippen molar-refractivity contribution >= 4 is 11.0 Å². The van der Waals surface area contributed by atoms with Gasteiger partial charge < -0.3 is 34.3 Å². The molecule has 5 atom stereocenters. The Morgan fingerprint density at radius 3 is 2.62 bits per heavy atom. The summed E-state index contributed by atoms with van der Waals surface area (Å²) < 4.78 is 16.4. The van der Waals surface area contributed by atoms with Gasteiger partial charge in [0.15, 0.2) is 0 Å². The van der Waals surface area contributed by atoms with Gasteiger partial charge in [-0.05, 0) is 24.3 Å². The lowest BCUT2D eigenvalue weighted by Crippen LogP contribution is -2.60. The molecule has 1 aliphatic rings. The normalized spacial score (nSPS) is 27.1. The van der Waals surface area contributed by atoms with E-state index in [1.54, 1.807) is 24.4 Å². The van der Waals surface area contributed by atoms with Gasteiger partial charge >= 0.3 is 0 Å². The minimum Gasteiger partial charge on any atom is -0.463 e. The molecule has 9 heteroatoms. The van der Waals surface area contributed by atoms with E-state index in [9.17, 15) is 25.2 Å². The predicted molar refractivity (Wildman–Crippen MR) is 100 cm³/mol. The molecule has 4 N–H and O–H groups in total. The van der Waals surface area contributed by atoms with Crippen LogP contribution in [0.1, 0.15) is 0 Å². The topological polar surface area (TPSA) is 142 Å². The molecule has 1 fully saturated rings. The number of benzene rings is 1. The summed E-state index contributed by atoms with van der Waals surface area (Å²) in [4.78, 5) is 16.9. The number of fused-ring (bicyclic) bond motifs is 1. The van der Waals surface area contributed by atoms with Crippen LogP contribution < -0.4 is 10.2 Å². The molecule has 4 rings (SSSR count). The molecule has 3 heterocycles. The highest BCUT2D eigenvalue weighted by Crippen LogP contribution is 2.27. The molecule has 3 aromatic rings. The molecule has 0 aliphatic carbocycles. The van der Waals surface area contributed by atoms with Crippen molar-refractivity contribution in [3.63, 3.8) is 0 Å². The quantitative estimate of drug-likeness (QED) is 0.476. The van der Waals surface area contributed by atoms with E-state index in [4.69, 9.17) is 13.9 Å². The van der Waals surface area contributed by atoms with Gasteiger partial charge in [-0.2, -0.15) is 0 Å². The Labute approximate surface area is 164 Å². The minimum atomic E-state index is -1.55. The Morgan fingerprint density at radius 2 is 1.90 bits per heavy atom. The molecule has 152 valence electrons. The first-order valence-electron chi connectivity index (χ1n) is 8.93. The third-order valence-electron chi connectivity index (χ3n) is 4.79. The van der Waals surface area contributed by atoms with Crippen molar-refractivity contribution in [2.45, 2.75) is 30.7 Å². The second-order valence-corrected chi connectivity index (χ2v) is 6.67. The molecule has 0 saturated carbocycles. The van der Waals surface area contributed by atoms with E-state index < -0.39 is 37.3 Å². The highest BCUT2D eigenvalue weighted by Gasteiger charge is 2.44. The summed E-state index contributed by atoms with van der Waals surface area (Å²) in [6, 6.07) is 9.66. The third-order valence-corrected chi connectivity index (χ3v) is 4.79. The number of aliphatic hydroxyl groups is 4. The van der Waals surface area contributed by atoms with Crippen LogP contribution in [0.15, 0.2) is 58.1 Å². The SMILES string of the molecule is O=c1c(-c2ccccn2)coc2cc(O[C@@H]3O[C@H](CO)[C@H](O)[C@H](O)[C@H]3O)ccc12. The molecule has 9 nitrogen and oxygen atoms in total. The number of ether oxygens (including phenoxy) is 2. The van der Waals surface area contributed by atoms with Crippen LogP contribution in [0.3, 0.4) is 0 Å². The van der Waals surface area contributed by atoms with E-state index in [0.29, 0.717) is 16.6 Å². The summed E-state index contributed by atoms with van der Waals surface area (Å²) >= 11 is 0. The first-order valence-corrected chi connectivity index (χ1v) is 8.93. The fourth-order valence-electron chi connectivity index (χ4n) is 3.18. The van der Waals surface area contributed by atoms with Crippen molar-refractivity contribution < 1.29 is 34.3 Å². The maximum absolute atomic E-state index is 12.7. The van der Waals surface area contributed by atoms with E-state index in [1.165, 1.54) is 24.5 Å². The zero-order chi connectivity index (χ0) is 20.5. The number of rotatable bonds is 4. The molecular weight excluding hydrogens is 382 g/mol. The van der Waals surface area contributed by atoms with Gasteiger partial charge in [-0.25, -0.2) is 0 Å². The second kappa shape index (κ2) is 7.90. The molecule has 0 unspecified atom stereocenters. The second-order valence-electron chi connectivity index (χ2n) is 6.67. The van der Waals surface area contributed by atoms with Crippen molar-refractivity contribution in [1.29, 1.82) is 0 Å². The van der Waals surface area contributed by atoms with Crippen LogP contribution in [0.2, 0.25) is 0 Å². The first kappa shape index (κ1) is 19.5. The van der Waals surface area contributed by atoms with Crippen molar-refractivity contribution in [3.8, 4) is 17.0 Å². The van der Waals surface area contributed by atoms with Crippen LogP contribution in [-0.4, -0.2) is 62.7 Å². The highest BCUT2D eigenvalue weighted by atomic mass is 16.7. The summed E-state index contributed by atoms with van der Waals surface area (Å²) in [7, 11) is 0.